The normalized spacial score (nSPS) is 15.8. The Balaban J connectivity index is 1.54. The van der Waals surface area contributed by atoms with Crippen molar-refractivity contribution in [1.29, 1.82) is 0 Å². The molecule has 8 heteroatoms. The standard InChI is InChI=1S/C48H57NO5Si2/c1-47(2,3)55(7,8)53-40-29-30-46(50)49(54-56(48(4,5)6,41-25-17-11-18-26-41)42-27-19-12-20-28-42)44-31-39(35-51-34-37-21-13-9-14-22-37)32-45(43(44)33-40)52-36-38-23-15-10-16-24-38/h9-32,40H,33-36H2,1-8H3/b30-29-/t40-/m0/s1. The minimum Gasteiger partial charge on any atom is -0.489 e. The van der Waals surface area contributed by atoms with Crippen LogP contribution in [0.3, 0.4) is 0 Å². The summed E-state index contributed by atoms with van der Waals surface area (Å²) in [5.41, 5.74) is 4.50. The van der Waals surface area contributed by atoms with Gasteiger partial charge in [-0.2, -0.15) is 5.06 Å². The van der Waals surface area contributed by atoms with Crippen molar-refractivity contribution in [2.75, 3.05) is 5.06 Å². The quantitative estimate of drug-likeness (QED) is 0.111. The summed E-state index contributed by atoms with van der Waals surface area (Å²) in [6.45, 7) is 19.0. The Hall–Kier alpha value is -4.58. The number of amides is 1. The number of nitrogens with zero attached hydrogens (tertiary/aromatic N) is 1. The first kappa shape index (κ1) is 41.1. The van der Waals surface area contributed by atoms with Crippen molar-refractivity contribution in [3.63, 3.8) is 0 Å². The van der Waals surface area contributed by atoms with Gasteiger partial charge in [-0.05, 0) is 62.4 Å². The Kier molecular flexibility index (Phi) is 12.7. The molecule has 0 spiro atoms. The third-order valence-corrected chi connectivity index (χ3v) is 20.4. The van der Waals surface area contributed by atoms with Gasteiger partial charge < -0.3 is 18.4 Å². The highest BCUT2D eigenvalue weighted by atomic mass is 28.4. The van der Waals surface area contributed by atoms with Crippen LogP contribution in [0.25, 0.3) is 0 Å². The molecule has 6 nitrogen and oxygen atoms in total. The molecule has 0 radical (unpaired) electrons. The van der Waals surface area contributed by atoms with Crippen LogP contribution in [0.4, 0.5) is 5.69 Å². The molecule has 6 rings (SSSR count). The summed E-state index contributed by atoms with van der Waals surface area (Å²) in [4.78, 5) is 14.9. The van der Waals surface area contributed by atoms with Gasteiger partial charge in [-0.15, -0.1) is 0 Å². The highest BCUT2D eigenvalue weighted by Crippen LogP contribution is 2.43. The second kappa shape index (κ2) is 17.3. The van der Waals surface area contributed by atoms with Crippen LogP contribution in [-0.4, -0.2) is 28.6 Å². The number of benzene rings is 5. The van der Waals surface area contributed by atoms with E-state index in [0.717, 1.165) is 32.6 Å². The van der Waals surface area contributed by atoms with Crippen LogP contribution in [0.15, 0.2) is 146 Å². The first-order chi connectivity index (χ1) is 26.7. The lowest BCUT2D eigenvalue weighted by molar-refractivity contribution is -0.118. The molecule has 0 saturated carbocycles. The number of rotatable bonds is 13. The van der Waals surface area contributed by atoms with E-state index in [2.05, 4.69) is 133 Å². The number of ether oxygens (including phenoxy) is 2. The molecule has 0 aromatic heterocycles. The molecular formula is C48H57NO5Si2. The Labute approximate surface area is 336 Å². The SMILES string of the molecule is CC(C)(C)[Si](C)(C)O[C@H]1/C=C\C(=O)N(O[Si](c2ccccc2)(c2ccccc2)C(C)(C)C)c2cc(COCc3ccccc3)cc(OCc3ccccc3)c2C1. The average molecular weight is 784 g/mol. The van der Waals surface area contributed by atoms with Crippen LogP contribution < -0.4 is 20.2 Å². The molecule has 0 aliphatic carbocycles. The molecule has 5 aromatic carbocycles. The van der Waals surface area contributed by atoms with E-state index in [-0.39, 0.29) is 22.1 Å². The minimum absolute atomic E-state index is 0.0267. The summed E-state index contributed by atoms with van der Waals surface area (Å²) in [5, 5.41) is 3.28. The van der Waals surface area contributed by atoms with E-state index in [1.165, 1.54) is 0 Å². The third-order valence-electron chi connectivity index (χ3n) is 11.0. The van der Waals surface area contributed by atoms with Gasteiger partial charge in [0.1, 0.15) is 12.4 Å². The molecule has 56 heavy (non-hydrogen) atoms. The molecule has 5 aromatic rings. The molecule has 0 saturated heterocycles. The zero-order chi connectivity index (χ0) is 40.0. The Morgan fingerprint density at radius 1 is 0.643 bits per heavy atom. The largest absolute Gasteiger partial charge is 0.489 e. The van der Waals surface area contributed by atoms with E-state index in [9.17, 15) is 4.79 Å². The highest BCUT2D eigenvalue weighted by molar-refractivity contribution is 6.99. The molecule has 1 atom stereocenters. The topological polar surface area (TPSA) is 57.2 Å². The second-order valence-electron chi connectivity index (χ2n) is 17.2. The molecule has 0 N–H and O–H groups in total. The second-order valence-corrected chi connectivity index (χ2v) is 26.2. The fourth-order valence-electron chi connectivity index (χ4n) is 7.01. The predicted molar refractivity (Wildman–Crippen MR) is 233 cm³/mol. The molecule has 1 heterocycles. The van der Waals surface area contributed by atoms with Crippen LogP contribution in [0.1, 0.15) is 63.8 Å². The number of anilines is 1. The van der Waals surface area contributed by atoms with Gasteiger partial charge in [-0.1, -0.05) is 169 Å². The fourth-order valence-corrected chi connectivity index (χ4v) is 12.6. The molecule has 1 aliphatic rings. The van der Waals surface area contributed by atoms with Gasteiger partial charge in [-0.25, -0.2) is 0 Å². The van der Waals surface area contributed by atoms with Gasteiger partial charge in [0.15, 0.2) is 8.32 Å². The van der Waals surface area contributed by atoms with Crippen LogP contribution in [0.5, 0.6) is 5.75 Å². The summed E-state index contributed by atoms with van der Waals surface area (Å²) >= 11 is 0. The van der Waals surface area contributed by atoms with Crippen molar-refractivity contribution < 1.29 is 23.2 Å². The van der Waals surface area contributed by atoms with Gasteiger partial charge in [0.05, 0.1) is 25.0 Å². The first-order valence-corrected chi connectivity index (χ1v) is 24.4. The number of carbonyl (C=O) groups is 1. The predicted octanol–water partition coefficient (Wildman–Crippen LogP) is 10.3. The molecule has 0 bridgehead atoms. The van der Waals surface area contributed by atoms with Crippen LogP contribution >= 0.6 is 0 Å². The lowest BCUT2D eigenvalue weighted by atomic mass is 9.99. The van der Waals surface area contributed by atoms with E-state index in [0.29, 0.717) is 37.7 Å². The number of fused-ring (bicyclic) bond motifs is 1. The van der Waals surface area contributed by atoms with Crippen molar-refractivity contribution in [3.8, 4) is 5.75 Å². The lowest BCUT2D eigenvalue weighted by Gasteiger charge is -2.45. The highest BCUT2D eigenvalue weighted by Gasteiger charge is 2.53. The third kappa shape index (κ3) is 9.33. The Morgan fingerprint density at radius 2 is 1.14 bits per heavy atom. The maximum atomic E-state index is 14.9. The summed E-state index contributed by atoms with van der Waals surface area (Å²) < 4.78 is 27.7. The number of hydroxylamine groups is 1. The van der Waals surface area contributed by atoms with Crippen molar-refractivity contribution in [2.24, 2.45) is 0 Å². The number of hydrogen-bond acceptors (Lipinski definition) is 5. The summed E-state index contributed by atoms with van der Waals surface area (Å²) in [5.74, 6) is 0.395. The van der Waals surface area contributed by atoms with Gasteiger partial charge in [-0.3, -0.25) is 4.79 Å². The molecular weight excluding hydrogens is 727 g/mol. The summed E-state index contributed by atoms with van der Waals surface area (Å²) in [7, 11) is -5.52. The van der Waals surface area contributed by atoms with E-state index < -0.39 is 16.6 Å². The van der Waals surface area contributed by atoms with Crippen molar-refractivity contribution in [3.05, 3.63) is 168 Å². The molecule has 0 unspecified atom stereocenters. The summed E-state index contributed by atoms with van der Waals surface area (Å²) in [6, 6.07) is 45.2. The number of carbonyl (C=O) groups excluding carboxylic acids is 1. The first-order valence-electron chi connectivity index (χ1n) is 19.6. The molecule has 1 amide bonds. The lowest BCUT2D eigenvalue weighted by Crippen LogP contribution is -2.69. The Bertz CT molecular complexity index is 2040. The Morgan fingerprint density at radius 3 is 1.66 bits per heavy atom. The van der Waals surface area contributed by atoms with Gasteiger partial charge >= 0.3 is 0 Å². The zero-order valence-corrected chi connectivity index (χ0v) is 36.3. The van der Waals surface area contributed by atoms with Gasteiger partial charge in [0.25, 0.3) is 14.2 Å². The van der Waals surface area contributed by atoms with Crippen molar-refractivity contribution >= 4 is 38.6 Å². The van der Waals surface area contributed by atoms with Crippen LogP contribution in [0, 0.1) is 0 Å². The minimum atomic E-state index is -3.27. The van der Waals surface area contributed by atoms with E-state index in [1.807, 2.05) is 60.7 Å². The van der Waals surface area contributed by atoms with Crippen molar-refractivity contribution in [1.82, 2.24) is 0 Å². The molecule has 1 aliphatic heterocycles. The maximum Gasteiger partial charge on any atom is 0.296 e. The monoisotopic (exact) mass is 783 g/mol. The zero-order valence-electron chi connectivity index (χ0n) is 34.3. The van der Waals surface area contributed by atoms with Gasteiger partial charge in [0, 0.05) is 18.1 Å². The molecule has 292 valence electrons. The summed E-state index contributed by atoms with van der Waals surface area (Å²) in [6.07, 6.45) is 3.70. The fraction of sp³-hybridized carbons (Fsp3) is 0.312. The smallest absolute Gasteiger partial charge is 0.296 e. The van der Waals surface area contributed by atoms with Crippen molar-refractivity contribution in [2.45, 2.75) is 97.1 Å². The van der Waals surface area contributed by atoms with E-state index in [1.54, 1.807) is 11.1 Å². The van der Waals surface area contributed by atoms with E-state index >= 15 is 0 Å². The average Bonchev–Trinajstić information content (AvgIpc) is 3.17. The molecule has 0 fully saturated rings. The van der Waals surface area contributed by atoms with Crippen LogP contribution in [0.2, 0.25) is 23.2 Å². The maximum absolute atomic E-state index is 14.9. The van der Waals surface area contributed by atoms with Gasteiger partial charge in [0.2, 0.25) is 0 Å². The van der Waals surface area contributed by atoms with Crippen LogP contribution in [-0.2, 0) is 44.7 Å². The number of hydrogen-bond donors (Lipinski definition) is 0. The van der Waals surface area contributed by atoms with E-state index in [4.69, 9.17) is 18.4 Å².